The van der Waals surface area contributed by atoms with Gasteiger partial charge in [0.2, 0.25) is 0 Å². The van der Waals surface area contributed by atoms with E-state index >= 15 is 0 Å². The largest absolute Gasteiger partial charge is 0.454 e. The highest BCUT2D eigenvalue weighted by Crippen LogP contribution is 2.33. The van der Waals surface area contributed by atoms with Crippen LogP contribution in [-0.4, -0.2) is 18.2 Å². The Morgan fingerprint density at radius 2 is 2.05 bits per heavy atom. The molecule has 0 radical (unpaired) electrons. The highest BCUT2D eigenvalue weighted by molar-refractivity contribution is 6.01. The third kappa shape index (κ3) is 2.38. The number of furan rings is 1. The van der Waals surface area contributed by atoms with Crippen LogP contribution in [0.2, 0.25) is 0 Å². The van der Waals surface area contributed by atoms with Crippen molar-refractivity contribution in [2.24, 2.45) is 4.99 Å². The van der Waals surface area contributed by atoms with Crippen LogP contribution in [0.15, 0.2) is 58.1 Å². The van der Waals surface area contributed by atoms with Gasteiger partial charge in [0, 0.05) is 29.8 Å². The number of para-hydroxylation sites is 1. The van der Waals surface area contributed by atoms with Gasteiger partial charge >= 0.3 is 0 Å². The van der Waals surface area contributed by atoms with E-state index in [2.05, 4.69) is 16.0 Å². The number of allylic oxidation sites excluding steroid dienone is 1. The van der Waals surface area contributed by atoms with E-state index in [0.29, 0.717) is 0 Å². The van der Waals surface area contributed by atoms with E-state index in [4.69, 9.17) is 4.42 Å². The second-order valence-corrected chi connectivity index (χ2v) is 4.66. The molecule has 0 aliphatic carbocycles. The van der Waals surface area contributed by atoms with Crippen molar-refractivity contribution in [1.29, 1.82) is 0 Å². The summed E-state index contributed by atoms with van der Waals surface area (Å²) in [5.41, 5.74) is 3.80. The van der Waals surface area contributed by atoms with Crippen LogP contribution in [0, 0.1) is 0 Å². The number of pyridine rings is 1. The molecule has 104 valence electrons. The van der Waals surface area contributed by atoms with E-state index in [1.807, 2.05) is 49.4 Å². The van der Waals surface area contributed by atoms with Crippen LogP contribution >= 0.6 is 0 Å². The van der Waals surface area contributed by atoms with Gasteiger partial charge in [-0.15, -0.1) is 0 Å². The summed E-state index contributed by atoms with van der Waals surface area (Å²) in [6.07, 6.45) is 7.59. The van der Waals surface area contributed by atoms with Gasteiger partial charge in [0.15, 0.2) is 5.76 Å². The normalized spacial score (nSPS) is 11.9. The molecule has 0 N–H and O–H groups in total. The number of aliphatic imine (C=N–C) groups is 1. The quantitative estimate of drug-likeness (QED) is 0.657. The van der Waals surface area contributed by atoms with Gasteiger partial charge in [-0.1, -0.05) is 30.4 Å². The SMILES string of the molecule is C/C=C\c1c(/C=N\C)oc2c(-c3ccccn3)cccc12. The summed E-state index contributed by atoms with van der Waals surface area (Å²) in [4.78, 5) is 8.50. The Kier molecular flexibility index (Phi) is 3.65. The molecule has 0 unspecified atom stereocenters. The zero-order valence-electron chi connectivity index (χ0n) is 12.1. The molecule has 2 aromatic heterocycles. The van der Waals surface area contributed by atoms with Gasteiger partial charge in [0.05, 0.1) is 11.9 Å². The summed E-state index contributed by atoms with van der Waals surface area (Å²) >= 11 is 0. The van der Waals surface area contributed by atoms with Gasteiger partial charge in [-0.25, -0.2) is 0 Å². The summed E-state index contributed by atoms with van der Waals surface area (Å²) in [5, 5.41) is 1.08. The Balaban J connectivity index is 2.32. The van der Waals surface area contributed by atoms with Crippen molar-refractivity contribution in [3.05, 3.63) is 60.0 Å². The van der Waals surface area contributed by atoms with Gasteiger partial charge in [0.25, 0.3) is 0 Å². The van der Waals surface area contributed by atoms with Crippen LogP contribution in [0.5, 0.6) is 0 Å². The summed E-state index contributed by atoms with van der Waals surface area (Å²) in [7, 11) is 1.74. The first-order chi connectivity index (χ1) is 10.3. The van der Waals surface area contributed by atoms with E-state index < -0.39 is 0 Å². The molecule has 0 saturated heterocycles. The van der Waals surface area contributed by atoms with Crippen molar-refractivity contribution in [2.75, 3.05) is 7.05 Å². The lowest BCUT2D eigenvalue weighted by Crippen LogP contribution is -1.82. The number of aromatic nitrogens is 1. The lowest BCUT2D eigenvalue weighted by Gasteiger charge is -2.00. The topological polar surface area (TPSA) is 38.4 Å². The van der Waals surface area contributed by atoms with Crippen molar-refractivity contribution in [3.8, 4) is 11.3 Å². The smallest absolute Gasteiger partial charge is 0.153 e. The van der Waals surface area contributed by atoms with E-state index in [9.17, 15) is 0 Å². The molecule has 0 spiro atoms. The van der Waals surface area contributed by atoms with Crippen molar-refractivity contribution in [1.82, 2.24) is 4.98 Å². The number of fused-ring (bicyclic) bond motifs is 1. The van der Waals surface area contributed by atoms with Crippen LogP contribution in [0.1, 0.15) is 18.2 Å². The second kappa shape index (κ2) is 5.75. The minimum atomic E-state index is 0.772. The van der Waals surface area contributed by atoms with Crippen molar-refractivity contribution in [3.63, 3.8) is 0 Å². The number of hydrogen-bond acceptors (Lipinski definition) is 3. The van der Waals surface area contributed by atoms with Gasteiger partial charge in [-0.3, -0.25) is 9.98 Å². The molecule has 0 saturated carbocycles. The van der Waals surface area contributed by atoms with Gasteiger partial charge in [-0.05, 0) is 25.1 Å². The Morgan fingerprint density at radius 3 is 2.76 bits per heavy atom. The molecule has 0 bridgehead atoms. The van der Waals surface area contributed by atoms with E-state index in [1.165, 1.54) is 0 Å². The third-order valence-corrected chi connectivity index (χ3v) is 3.30. The van der Waals surface area contributed by atoms with Gasteiger partial charge < -0.3 is 4.42 Å². The lowest BCUT2D eigenvalue weighted by atomic mass is 10.0. The van der Waals surface area contributed by atoms with E-state index in [0.717, 1.165) is 33.6 Å². The molecule has 0 amide bonds. The number of hydrogen-bond donors (Lipinski definition) is 0. The first kappa shape index (κ1) is 13.3. The summed E-state index contributed by atoms with van der Waals surface area (Å²) < 4.78 is 6.04. The Bertz CT molecular complexity index is 814. The molecular weight excluding hydrogens is 260 g/mol. The standard InChI is InChI=1S/C18H16N2O/c1-3-7-13-14-8-6-9-15(16-10-4-5-11-20-16)18(14)21-17(13)12-19-2/h3-12H,1-2H3/b7-3-,19-12-. The van der Waals surface area contributed by atoms with Crippen LogP contribution in [0.3, 0.4) is 0 Å². The summed E-state index contributed by atoms with van der Waals surface area (Å²) in [5.74, 6) is 0.772. The fraction of sp³-hybridized carbons (Fsp3) is 0.111. The van der Waals surface area contributed by atoms with Crippen LogP contribution < -0.4 is 0 Å². The number of benzene rings is 1. The van der Waals surface area contributed by atoms with Gasteiger partial charge in [0.1, 0.15) is 5.58 Å². The third-order valence-electron chi connectivity index (χ3n) is 3.30. The van der Waals surface area contributed by atoms with Crippen molar-refractivity contribution in [2.45, 2.75) is 6.92 Å². The maximum absolute atomic E-state index is 6.04. The van der Waals surface area contributed by atoms with Crippen molar-refractivity contribution < 1.29 is 4.42 Å². The predicted molar refractivity (Wildman–Crippen MR) is 87.7 cm³/mol. The molecule has 2 heterocycles. The average molecular weight is 276 g/mol. The number of rotatable bonds is 3. The average Bonchev–Trinajstić information content (AvgIpc) is 2.87. The first-order valence-electron chi connectivity index (χ1n) is 6.87. The summed E-state index contributed by atoms with van der Waals surface area (Å²) in [6, 6.07) is 12.0. The molecule has 3 heteroatoms. The molecule has 0 aliphatic rings. The first-order valence-corrected chi connectivity index (χ1v) is 6.87. The zero-order valence-corrected chi connectivity index (χ0v) is 12.1. The van der Waals surface area contributed by atoms with E-state index in [-0.39, 0.29) is 0 Å². The Morgan fingerprint density at radius 1 is 1.14 bits per heavy atom. The van der Waals surface area contributed by atoms with Gasteiger partial charge in [-0.2, -0.15) is 0 Å². The monoisotopic (exact) mass is 276 g/mol. The van der Waals surface area contributed by atoms with Crippen LogP contribution in [0.25, 0.3) is 28.3 Å². The van der Waals surface area contributed by atoms with E-state index in [1.54, 1.807) is 19.5 Å². The van der Waals surface area contributed by atoms with Crippen molar-refractivity contribution >= 4 is 23.3 Å². The molecular formula is C18H16N2O. The highest BCUT2D eigenvalue weighted by Gasteiger charge is 2.14. The summed E-state index contributed by atoms with van der Waals surface area (Å²) in [6.45, 7) is 1.99. The Hall–Kier alpha value is -2.68. The molecule has 21 heavy (non-hydrogen) atoms. The molecule has 3 rings (SSSR count). The molecule has 0 fully saturated rings. The minimum Gasteiger partial charge on any atom is -0.454 e. The molecule has 3 aromatic rings. The fourth-order valence-corrected chi connectivity index (χ4v) is 2.43. The molecule has 0 atom stereocenters. The predicted octanol–water partition coefficient (Wildman–Crippen LogP) is 4.58. The maximum atomic E-state index is 6.04. The maximum Gasteiger partial charge on any atom is 0.153 e. The van der Waals surface area contributed by atoms with Crippen LogP contribution in [0.4, 0.5) is 0 Å². The highest BCUT2D eigenvalue weighted by atomic mass is 16.3. The fourth-order valence-electron chi connectivity index (χ4n) is 2.43. The second-order valence-electron chi connectivity index (χ2n) is 4.66. The van der Waals surface area contributed by atoms with Crippen LogP contribution in [-0.2, 0) is 0 Å². The number of nitrogens with zero attached hydrogens (tertiary/aromatic N) is 2. The molecule has 3 nitrogen and oxygen atoms in total. The molecule has 0 aliphatic heterocycles. The zero-order chi connectivity index (χ0) is 14.7. The minimum absolute atomic E-state index is 0.772. The molecule has 1 aromatic carbocycles. The lowest BCUT2D eigenvalue weighted by molar-refractivity contribution is 0.607. The Labute approximate surface area is 123 Å².